The van der Waals surface area contributed by atoms with Gasteiger partial charge in [-0.05, 0) is 38.3 Å². The lowest BCUT2D eigenvalue weighted by Crippen LogP contribution is -2.14. The highest BCUT2D eigenvalue weighted by Crippen LogP contribution is 2.19. The third kappa shape index (κ3) is 3.65. The Morgan fingerprint density at radius 1 is 1.44 bits per heavy atom. The zero-order chi connectivity index (χ0) is 11.4. The van der Waals surface area contributed by atoms with Crippen molar-refractivity contribution in [1.82, 2.24) is 5.32 Å². The van der Waals surface area contributed by atoms with Crippen molar-refractivity contribution in [2.45, 2.75) is 58.4 Å². The highest BCUT2D eigenvalue weighted by Gasteiger charge is 2.20. The minimum Gasteiger partial charge on any atom is -0.462 e. The zero-order valence-corrected chi connectivity index (χ0v) is 10.2. The molecule has 1 unspecified atom stereocenters. The summed E-state index contributed by atoms with van der Waals surface area (Å²) in [5, 5.41) is 3.43. The summed E-state index contributed by atoms with van der Waals surface area (Å²) >= 11 is 0. The summed E-state index contributed by atoms with van der Waals surface area (Å²) in [5.41, 5.74) is 0. The van der Waals surface area contributed by atoms with Crippen LogP contribution in [0, 0.1) is 0 Å². The monoisotopic (exact) mass is 223 g/mol. The van der Waals surface area contributed by atoms with Gasteiger partial charge in [-0.3, -0.25) is 0 Å². The average molecular weight is 223 g/mol. The van der Waals surface area contributed by atoms with Crippen molar-refractivity contribution in [2.24, 2.45) is 0 Å². The predicted molar refractivity (Wildman–Crippen MR) is 63.1 cm³/mol. The fourth-order valence-electron chi connectivity index (χ4n) is 1.47. The Bertz CT molecular complexity index is 317. The van der Waals surface area contributed by atoms with Gasteiger partial charge in [-0.1, -0.05) is 6.92 Å². The first-order valence-electron chi connectivity index (χ1n) is 6.20. The maximum Gasteiger partial charge on any atom is 0.129 e. The van der Waals surface area contributed by atoms with E-state index in [0.717, 1.165) is 30.5 Å². The molecule has 1 aromatic rings. The highest BCUT2D eigenvalue weighted by molar-refractivity contribution is 5.06. The second-order valence-electron chi connectivity index (χ2n) is 4.55. The summed E-state index contributed by atoms with van der Waals surface area (Å²) in [4.78, 5) is 0. The van der Waals surface area contributed by atoms with Crippen molar-refractivity contribution in [3.63, 3.8) is 0 Å². The second-order valence-corrected chi connectivity index (χ2v) is 4.55. The molecule has 1 N–H and O–H groups in total. The molecule has 1 saturated carbocycles. The van der Waals surface area contributed by atoms with E-state index in [4.69, 9.17) is 9.15 Å². The van der Waals surface area contributed by atoms with Crippen molar-refractivity contribution >= 4 is 0 Å². The molecular weight excluding hydrogens is 202 g/mol. The fourth-order valence-corrected chi connectivity index (χ4v) is 1.47. The average Bonchev–Trinajstić information content (AvgIpc) is 3.02. The molecule has 1 aliphatic carbocycles. The molecule has 1 heterocycles. The maximum absolute atomic E-state index is 5.67. The summed E-state index contributed by atoms with van der Waals surface area (Å²) in [6, 6.07) is 4.77. The van der Waals surface area contributed by atoms with Crippen LogP contribution < -0.4 is 5.32 Å². The van der Waals surface area contributed by atoms with Crippen molar-refractivity contribution in [1.29, 1.82) is 0 Å². The molecule has 0 saturated heterocycles. The SMILES string of the molecule is CCC(C)OCc1ccc(CNC2CC2)o1. The van der Waals surface area contributed by atoms with E-state index in [-0.39, 0.29) is 0 Å². The molecule has 90 valence electrons. The van der Waals surface area contributed by atoms with Gasteiger partial charge in [0.1, 0.15) is 18.1 Å². The number of hydrogen-bond acceptors (Lipinski definition) is 3. The summed E-state index contributed by atoms with van der Waals surface area (Å²) in [6.45, 7) is 5.63. The Balaban J connectivity index is 1.72. The molecule has 16 heavy (non-hydrogen) atoms. The van der Waals surface area contributed by atoms with E-state index >= 15 is 0 Å². The van der Waals surface area contributed by atoms with Crippen molar-refractivity contribution in [3.8, 4) is 0 Å². The van der Waals surface area contributed by atoms with Crippen molar-refractivity contribution in [3.05, 3.63) is 23.7 Å². The van der Waals surface area contributed by atoms with E-state index < -0.39 is 0 Å². The maximum atomic E-state index is 5.67. The summed E-state index contributed by atoms with van der Waals surface area (Å²) in [6.07, 6.45) is 3.96. The van der Waals surface area contributed by atoms with Gasteiger partial charge in [0.2, 0.25) is 0 Å². The van der Waals surface area contributed by atoms with Gasteiger partial charge in [0, 0.05) is 6.04 Å². The second kappa shape index (κ2) is 5.51. The third-order valence-corrected chi connectivity index (χ3v) is 2.94. The van der Waals surface area contributed by atoms with Gasteiger partial charge in [-0.15, -0.1) is 0 Å². The molecule has 0 aliphatic heterocycles. The Labute approximate surface area is 97.2 Å². The fraction of sp³-hybridized carbons (Fsp3) is 0.692. The molecule has 0 bridgehead atoms. The molecular formula is C13H21NO2. The number of rotatable bonds is 7. The van der Waals surface area contributed by atoms with E-state index in [1.54, 1.807) is 0 Å². The molecule has 1 aliphatic rings. The van der Waals surface area contributed by atoms with Crippen LogP contribution in [0.2, 0.25) is 0 Å². The van der Waals surface area contributed by atoms with Crippen molar-refractivity contribution < 1.29 is 9.15 Å². The van der Waals surface area contributed by atoms with E-state index in [0.29, 0.717) is 12.7 Å². The Hall–Kier alpha value is -0.800. The number of ether oxygens (including phenoxy) is 1. The Morgan fingerprint density at radius 2 is 2.19 bits per heavy atom. The van der Waals surface area contributed by atoms with Crippen LogP contribution in [0.5, 0.6) is 0 Å². The van der Waals surface area contributed by atoms with E-state index in [1.165, 1.54) is 12.8 Å². The topological polar surface area (TPSA) is 34.4 Å². The standard InChI is InChI=1S/C13H21NO2/c1-3-10(2)15-9-13-7-6-12(16-13)8-14-11-4-5-11/h6-7,10-11,14H,3-5,8-9H2,1-2H3. The molecule has 3 nitrogen and oxygen atoms in total. The zero-order valence-electron chi connectivity index (χ0n) is 10.2. The van der Waals surface area contributed by atoms with Crippen LogP contribution in [0.25, 0.3) is 0 Å². The lowest BCUT2D eigenvalue weighted by molar-refractivity contribution is 0.0400. The van der Waals surface area contributed by atoms with Gasteiger partial charge in [0.05, 0.1) is 12.6 Å². The van der Waals surface area contributed by atoms with Crippen LogP contribution in [0.1, 0.15) is 44.6 Å². The molecule has 1 atom stereocenters. The van der Waals surface area contributed by atoms with Crippen LogP contribution in [0.4, 0.5) is 0 Å². The lowest BCUT2D eigenvalue weighted by atomic mass is 10.3. The minimum absolute atomic E-state index is 0.304. The predicted octanol–water partition coefficient (Wildman–Crippen LogP) is 2.85. The molecule has 0 aromatic carbocycles. The van der Waals surface area contributed by atoms with Crippen molar-refractivity contribution in [2.75, 3.05) is 0 Å². The molecule has 1 aromatic heterocycles. The smallest absolute Gasteiger partial charge is 0.129 e. The summed E-state index contributed by atoms with van der Waals surface area (Å²) < 4.78 is 11.3. The number of hydrogen-bond donors (Lipinski definition) is 1. The van der Waals surface area contributed by atoms with Gasteiger partial charge >= 0.3 is 0 Å². The van der Waals surface area contributed by atoms with E-state index in [1.807, 2.05) is 12.1 Å². The van der Waals surface area contributed by atoms with Gasteiger partial charge in [0.25, 0.3) is 0 Å². The van der Waals surface area contributed by atoms with Gasteiger partial charge < -0.3 is 14.5 Å². The van der Waals surface area contributed by atoms with Gasteiger partial charge in [0.15, 0.2) is 0 Å². The quantitative estimate of drug-likeness (QED) is 0.772. The molecule has 2 rings (SSSR count). The first-order valence-corrected chi connectivity index (χ1v) is 6.20. The van der Waals surface area contributed by atoms with Crippen LogP contribution >= 0.6 is 0 Å². The molecule has 0 radical (unpaired) electrons. The lowest BCUT2D eigenvalue weighted by Gasteiger charge is -2.08. The van der Waals surface area contributed by atoms with Crippen LogP contribution in [0.15, 0.2) is 16.5 Å². The van der Waals surface area contributed by atoms with Crippen LogP contribution in [0.3, 0.4) is 0 Å². The first kappa shape index (κ1) is 11.7. The Kier molecular flexibility index (Phi) is 4.02. The third-order valence-electron chi connectivity index (χ3n) is 2.94. The molecule has 0 spiro atoms. The molecule has 0 amide bonds. The largest absolute Gasteiger partial charge is 0.462 e. The van der Waals surface area contributed by atoms with Crippen LogP contribution in [-0.2, 0) is 17.9 Å². The minimum atomic E-state index is 0.304. The summed E-state index contributed by atoms with van der Waals surface area (Å²) in [7, 11) is 0. The molecule has 3 heteroatoms. The first-order chi connectivity index (χ1) is 7.78. The van der Waals surface area contributed by atoms with Crippen LogP contribution in [-0.4, -0.2) is 12.1 Å². The number of furan rings is 1. The van der Waals surface area contributed by atoms with E-state index in [9.17, 15) is 0 Å². The molecule has 1 fully saturated rings. The Morgan fingerprint density at radius 3 is 2.88 bits per heavy atom. The summed E-state index contributed by atoms with van der Waals surface area (Å²) in [5.74, 6) is 1.93. The number of nitrogens with one attached hydrogen (secondary N) is 1. The van der Waals surface area contributed by atoms with Gasteiger partial charge in [-0.25, -0.2) is 0 Å². The normalized spacial score (nSPS) is 17.6. The van der Waals surface area contributed by atoms with Gasteiger partial charge in [-0.2, -0.15) is 0 Å². The van der Waals surface area contributed by atoms with E-state index in [2.05, 4.69) is 19.2 Å². The highest BCUT2D eigenvalue weighted by atomic mass is 16.5.